The summed E-state index contributed by atoms with van der Waals surface area (Å²) in [5.41, 5.74) is -4.69. The molecule has 1 N–H and O–H groups in total. The Labute approximate surface area is 153 Å². The average Bonchev–Trinajstić information content (AvgIpc) is 2.62. The van der Waals surface area contributed by atoms with Gasteiger partial charge < -0.3 is 10.1 Å². The van der Waals surface area contributed by atoms with E-state index >= 15 is 0 Å². The summed E-state index contributed by atoms with van der Waals surface area (Å²) in [4.78, 5) is 34.5. The molecule has 148 valence electrons. The summed E-state index contributed by atoms with van der Waals surface area (Å²) in [6, 6.07) is 0. The zero-order valence-electron chi connectivity index (χ0n) is 15.0. The summed E-state index contributed by atoms with van der Waals surface area (Å²) < 4.78 is 47.0. The largest absolute Gasteiger partial charge is 0.462 e. The average molecular weight is 388 g/mol. The van der Waals surface area contributed by atoms with Crippen LogP contribution in [-0.2, 0) is 9.53 Å². The second-order valence-electron chi connectivity index (χ2n) is 5.48. The molecule has 0 unspecified atom stereocenters. The van der Waals surface area contributed by atoms with Crippen molar-refractivity contribution in [3.8, 4) is 0 Å². The van der Waals surface area contributed by atoms with Crippen molar-refractivity contribution in [2.75, 3.05) is 13.2 Å². The first-order valence-corrected chi connectivity index (χ1v) is 8.15. The summed E-state index contributed by atoms with van der Waals surface area (Å²) in [6.07, 6.45) is 2.08. The molecule has 0 radical (unpaired) electrons. The van der Waals surface area contributed by atoms with Crippen molar-refractivity contribution in [1.29, 1.82) is 0 Å². The Kier molecular flexibility index (Phi) is 7.95. The van der Waals surface area contributed by atoms with Crippen LogP contribution in [0.25, 0.3) is 0 Å². The molecule has 0 aromatic heterocycles. The molecule has 0 saturated carbocycles. The highest BCUT2D eigenvalue weighted by Crippen LogP contribution is 2.32. The normalized spacial score (nSPS) is 11.3. The number of nitrogens with one attached hydrogen (secondary N) is 1. The lowest BCUT2D eigenvalue weighted by molar-refractivity contribution is -0.388. The highest BCUT2D eigenvalue weighted by Gasteiger charge is 2.37. The number of halogens is 3. The van der Waals surface area contributed by atoms with Gasteiger partial charge in [-0.05, 0) is 20.3 Å². The van der Waals surface area contributed by atoms with E-state index in [4.69, 9.17) is 4.74 Å². The van der Waals surface area contributed by atoms with E-state index in [0.717, 1.165) is 13.1 Å². The maximum Gasteiger partial charge on any atom is 0.343 e. The quantitative estimate of drug-likeness (QED) is 0.0802. The van der Waals surface area contributed by atoms with Crippen LogP contribution in [0.3, 0.4) is 0 Å². The maximum atomic E-state index is 14.4. The van der Waals surface area contributed by atoms with Crippen LogP contribution in [-0.4, -0.2) is 29.8 Å². The Morgan fingerprint density at radius 2 is 1.81 bits per heavy atom. The SMILES string of the molecule is CCCCOC(=O)C(=CNCC)C(=O)c1c(F)c(C)c(F)c(F)c1[N+](=O)[O-]. The van der Waals surface area contributed by atoms with Crippen LogP contribution in [0, 0.1) is 34.5 Å². The van der Waals surface area contributed by atoms with Gasteiger partial charge in [-0.15, -0.1) is 0 Å². The number of nitrogens with zero attached hydrogens (tertiary/aromatic N) is 1. The fraction of sp³-hybridized carbons (Fsp3) is 0.412. The monoisotopic (exact) mass is 388 g/mol. The number of hydrogen-bond acceptors (Lipinski definition) is 6. The Hall–Kier alpha value is -2.91. The van der Waals surface area contributed by atoms with Gasteiger partial charge >= 0.3 is 11.7 Å². The summed E-state index contributed by atoms with van der Waals surface area (Å²) in [6.45, 7) is 4.51. The second kappa shape index (κ2) is 9.70. The van der Waals surface area contributed by atoms with Crippen LogP contribution >= 0.6 is 0 Å². The van der Waals surface area contributed by atoms with Crippen LogP contribution < -0.4 is 5.32 Å². The molecule has 1 aromatic carbocycles. The topological polar surface area (TPSA) is 98.5 Å². The molecule has 1 rings (SSSR count). The Morgan fingerprint density at radius 1 is 1.19 bits per heavy atom. The fourth-order valence-corrected chi connectivity index (χ4v) is 2.09. The van der Waals surface area contributed by atoms with E-state index in [1.807, 2.05) is 6.92 Å². The molecule has 27 heavy (non-hydrogen) atoms. The molecule has 0 amide bonds. The molecule has 0 aliphatic carbocycles. The first-order chi connectivity index (χ1) is 12.7. The predicted octanol–water partition coefficient (Wildman–Crippen LogP) is 3.34. The maximum absolute atomic E-state index is 14.4. The molecular formula is C17H19F3N2O5. The van der Waals surface area contributed by atoms with E-state index in [2.05, 4.69) is 5.32 Å². The van der Waals surface area contributed by atoms with Gasteiger partial charge in [-0.1, -0.05) is 13.3 Å². The van der Waals surface area contributed by atoms with Gasteiger partial charge in [0.2, 0.25) is 11.6 Å². The molecule has 0 bridgehead atoms. The smallest absolute Gasteiger partial charge is 0.343 e. The lowest BCUT2D eigenvalue weighted by atomic mass is 9.98. The van der Waals surface area contributed by atoms with Crippen molar-refractivity contribution >= 4 is 17.4 Å². The highest BCUT2D eigenvalue weighted by molar-refractivity contribution is 6.25. The number of carbonyl (C=O) groups excluding carboxylic acids is 2. The number of esters is 1. The van der Waals surface area contributed by atoms with Gasteiger partial charge in [0, 0.05) is 18.3 Å². The zero-order valence-corrected chi connectivity index (χ0v) is 15.0. The van der Waals surface area contributed by atoms with Gasteiger partial charge in [-0.2, -0.15) is 4.39 Å². The number of rotatable bonds is 9. The van der Waals surface area contributed by atoms with Gasteiger partial charge in [-0.3, -0.25) is 14.9 Å². The molecule has 0 fully saturated rings. The van der Waals surface area contributed by atoms with Gasteiger partial charge in [0.1, 0.15) is 17.0 Å². The molecule has 7 nitrogen and oxygen atoms in total. The Balaban J connectivity index is 3.54. The van der Waals surface area contributed by atoms with Crippen molar-refractivity contribution < 1.29 is 32.4 Å². The number of benzene rings is 1. The number of Topliss-reactive ketones (excluding diaryl/α,β-unsaturated/α-hetero) is 1. The lowest BCUT2D eigenvalue weighted by Gasteiger charge is -2.11. The minimum atomic E-state index is -1.98. The van der Waals surface area contributed by atoms with E-state index in [1.165, 1.54) is 0 Å². The zero-order chi connectivity index (χ0) is 20.7. The van der Waals surface area contributed by atoms with Crippen molar-refractivity contribution in [3.63, 3.8) is 0 Å². The molecule has 1 aromatic rings. The molecule has 0 spiro atoms. The van der Waals surface area contributed by atoms with Gasteiger partial charge in [0.25, 0.3) is 0 Å². The van der Waals surface area contributed by atoms with E-state index in [1.54, 1.807) is 6.92 Å². The number of unbranched alkanes of at least 4 members (excludes halogenated alkanes) is 1. The molecule has 0 saturated heterocycles. The highest BCUT2D eigenvalue weighted by atomic mass is 19.2. The third-order valence-corrected chi connectivity index (χ3v) is 3.57. The minimum absolute atomic E-state index is 0.0343. The molecule has 0 aliphatic heterocycles. The molecule has 0 heterocycles. The van der Waals surface area contributed by atoms with E-state index in [0.29, 0.717) is 12.8 Å². The van der Waals surface area contributed by atoms with Crippen molar-refractivity contribution in [3.05, 3.63) is 50.5 Å². The molecular weight excluding hydrogens is 369 g/mol. The Morgan fingerprint density at radius 3 is 2.33 bits per heavy atom. The number of hydrogen-bond donors (Lipinski definition) is 1. The van der Waals surface area contributed by atoms with Gasteiger partial charge in [-0.25, -0.2) is 13.6 Å². The third kappa shape index (κ3) is 4.83. The van der Waals surface area contributed by atoms with Crippen LogP contribution in [0.15, 0.2) is 11.8 Å². The van der Waals surface area contributed by atoms with Crippen LogP contribution in [0.1, 0.15) is 42.6 Å². The first kappa shape index (κ1) is 22.1. The number of carbonyl (C=O) groups is 2. The summed E-state index contributed by atoms with van der Waals surface area (Å²) in [7, 11) is 0. The van der Waals surface area contributed by atoms with Crippen molar-refractivity contribution in [1.82, 2.24) is 5.32 Å². The van der Waals surface area contributed by atoms with Crippen LogP contribution in [0.4, 0.5) is 18.9 Å². The lowest BCUT2D eigenvalue weighted by Crippen LogP contribution is -2.23. The number of ketones is 1. The second-order valence-corrected chi connectivity index (χ2v) is 5.48. The van der Waals surface area contributed by atoms with E-state index in [9.17, 15) is 32.9 Å². The third-order valence-electron chi connectivity index (χ3n) is 3.57. The number of nitro groups is 1. The minimum Gasteiger partial charge on any atom is -0.462 e. The summed E-state index contributed by atoms with van der Waals surface area (Å²) in [5.74, 6) is -8.02. The number of nitro benzene ring substituents is 1. The van der Waals surface area contributed by atoms with Crippen molar-refractivity contribution in [2.45, 2.75) is 33.6 Å². The molecule has 0 atom stereocenters. The first-order valence-electron chi connectivity index (χ1n) is 8.15. The van der Waals surface area contributed by atoms with E-state index < -0.39 is 56.5 Å². The van der Waals surface area contributed by atoms with Crippen LogP contribution in [0.5, 0.6) is 0 Å². The van der Waals surface area contributed by atoms with E-state index in [-0.39, 0.29) is 13.2 Å². The van der Waals surface area contributed by atoms with Crippen molar-refractivity contribution in [2.24, 2.45) is 0 Å². The summed E-state index contributed by atoms with van der Waals surface area (Å²) >= 11 is 0. The fourth-order valence-electron chi connectivity index (χ4n) is 2.09. The Bertz CT molecular complexity index is 794. The van der Waals surface area contributed by atoms with Gasteiger partial charge in [0.15, 0.2) is 5.82 Å². The van der Waals surface area contributed by atoms with Crippen LogP contribution in [0.2, 0.25) is 0 Å². The molecule has 10 heteroatoms. The summed E-state index contributed by atoms with van der Waals surface area (Å²) in [5, 5.41) is 13.6. The number of ether oxygens (including phenoxy) is 1. The standard InChI is InChI=1S/C17H19F3N2O5/c1-4-6-7-27-17(24)10(8-21-5-2)16(23)11-12(18)9(3)13(19)14(20)15(11)22(25)26/h8,21H,4-7H2,1-3H3. The predicted molar refractivity (Wildman–Crippen MR) is 89.7 cm³/mol. The molecule has 0 aliphatic rings. The van der Waals surface area contributed by atoms with Gasteiger partial charge in [0.05, 0.1) is 11.5 Å².